The van der Waals surface area contributed by atoms with E-state index in [1.165, 1.54) is 0 Å². The van der Waals surface area contributed by atoms with Crippen LogP contribution in [0.4, 0.5) is 4.79 Å². The predicted molar refractivity (Wildman–Crippen MR) is 83.2 cm³/mol. The standard InChI is InChI=1S/C15H26N4O3/c1-10(2)12(13(16)20)19-9-17-8-11(19)6-7-18-14(21)22-15(3,4)5/h8-10,12H,6-7H2,1-5H3,(H2,16,20)(H,18,21). The van der Waals surface area contributed by atoms with Crippen LogP contribution < -0.4 is 11.1 Å². The van der Waals surface area contributed by atoms with Gasteiger partial charge in [0.05, 0.1) is 6.33 Å². The molecule has 0 saturated carbocycles. The molecule has 1 atom stereocenters. The van der Waals surface area contributed by atoms with Crippen molar-refractivity contribution in [3.63, 3.8) is 0 Å². The Morgan fingerprint density at radius 1 is 1.41 bits per heavy atom. The molecule has 124 valence electrons. The minimum Gasteiger partial charge on any atom is -0.444 e. The van der Waals surface area contributed by atoms with Gasteiger partial charge in [-0.3, -0.25) is 4.79 Å². The summed E-state index contributed by atoms with van der Waals surface area (Å²) in [7, 11) is 0. The molecule has 0 saturated heterocycles. The van der Waals surface area contributed by atoms with E-state index in [1.807, 2.05) is 34.6 Å². The maximum atomic E-state index is 11.6. The highest BCUT2D eigenvalue weighted by Gasteiger charge is 2.23. The SMILES string of the molecule is CC(C)C(C(N)=O)n1cncc1CCNC(=O)OC(C)(C)C. The Kier molecular flexibility index (Phi) is 5.96. The number of imidazole rings is 1. The normalized spacial score (nSPS) is 13.0. The Morgan fingerprint density at radius 2 is 2.05 bits per heavy atom. The van der Waals surface area contributed by atoms with Crippen LogP contribution in [0, 0.1) is 5.92 Å². The third-order valence-corrected chi connectivity index (χ3v) is 3.02. The molecule has 0 fully saturated rings. The number of nitrogens with two attached hydrogens (primary N) is 1. The summed E-state index contributed by atoms with van der Waals surface area (Å²) in [4.78, 5) is 27.3. The van der Waals surface area contributed by atoms with E-state index in [9.17, 15) is 9.59 Å². The van der Waals surface area contributed by atoms with E-state index in [0.717, 1.165) is 5.69 Å². The van der Waals surface area contributed by atoms with Crippen LogP contribution in [0.15, 0.2) is 12.5 Å². The predicted octanol–water partition coefficient (Wildman–Crippen LogP) is 1.63. The molecular formula is C15H26N4O3. The van der Waals surface area contributed by atoms with Crippen LogP contribution in [0.3, 0.4) is 0 Å². The van der Waals surface area contributed by atoms with Crippen LogP contribution in [-0.2, 0) is 16.0 Å². The van der Waals surface area contributed by atoms with Gasteiger partial charge in [-0.1, -0.05) is 13.8 Å². The molecule has 0 aliphatic heterocycles. The fourth-order valence-corrected chi connectivity index (χ4v) is 2.17. The minimum absolute atomic E-state index is 0.0595. The monoisotopic (exact) mass is 310 g/mol. The summed E-state index contributed by atoms with van der Waals surface area (Å²) in [6, 6.07) is -0.445. The van der Waals surface area contributed by atoms with Crippen molar-refractivity contribution in [2.45, 2.75) is 52.7 Å². The average molecular weight is 310 g/mol. The molecule has 1 heterocycles. The van der Waals surface area contributed by atoms with Crippen molar-refractivity contribution >= 4 is 12.0 Å². The molecule has 7 heteroatoms. The lowest BCUT2D eigenvalue weighted by Crippen LogP contribution is -2.34. The first-order valence-corrected chi connectivity index (χ1v) is 7.38. The second kappa shape index (κ2) is 7.29. The van der Waals surface area contributed by atoms with Gasteiger partial charge in [0.25, 0.3) is 0 Å². The van der Waals surface area contributed by atoms with Crippen molar-refractivity contribution < 1.29 is 14.3 Å². The minimum atomic E-state index is -0.527. The molecule has 0 bridgehead atoms. The molecule has 3 N–H and O–H groups in total. The Labute approximate surface area is 131 Å². The van der Waals surface area contributed by atoms with Crippen molar-refractivity contribution in [1.29, 1.82) is 0 Å². The van der Waals surface area contributed by atoms with Gasteiger partial charge in [0, 0.05) is 24.9 Å². The van der Waals surface area contributed by atoms with E-state index < -0.39 is 23.6 Å². The molecule has 22 heavy (non-hydrogen) atoms. The lowest BCUT2D eigenvalue weighted by atomic mass is 10.0. The van der Waals surface area contributed by atoms with Gasteiger partial charge < -0.3 is 20.4 Å². The van der Waals surface area contributed by atoms with Crippen molar-refractivity contribution in [1.82, 2.24) is 14.9 Å². The topological polar surface area (TPSA) is 99.2 Å². The lowest BCUT2D eigenvalue weighted by Gasteiger charge is -2.22. The third kappa shape index (κ3) is 5.38. The molecule has 0 radical (unpaired) electrons. The summed E-state index contributed by atoms with van der Waals surface area (Å²) in [6.45, 7) is 9.67. The average Bonchev–Trinajstić information content (AvgIpc) is 2.74. The molecule has 1 aromatic heterocycles. The summed E-state index contributed by atoms with van der Waals surface area (Å²) >= 11 is 0. The fourth-order valence-electron chi connectivity index (χ4n) is 2.17. The van der Waals surface area contributed by atoms with Crippen LogP contribution in [0.2, 0.25) is 0 Å². The molecule has 0 aliphatic carbocycles. The Morgan fingerprint density at radius 3 is 2.55 bits per heavy atom. The van der Waals surface area contributed by atoms with Gasteiger partial charge in [0.15, 0.2) is 0 Å². The van der Waals surface area contributed by atoms with Crippen molar-refractivity contribution in [3.05, 3.63) is 18.2 Å². The number of rotatable bonds is 6. The number of nitrogens with zero attached hydrogens (tertiary/aromatic N) is 2. The van der Waals surface area contributed by atoms with E-state index in [0.29, 0.717) is 13.0 Å². The van der Waals surface area contributed by atoms with Crippen LogP contribution in [0.5, 0.6) is 0 Å². The number of nitrogens with one attached hydrogen (secondary N) is 1. The molecule has 0 aliphatic rings. The highest BCUT2D eigenvalue weighted by Crippen LogP contribution is 2.19. The number of amides is 2. The van der Waals surface area contributed by atoms with Gasteiger partial charge >= 0.3 is 6.09 Å². The van der Waals surface area contributed by atoms with Crippen LogP contribution in [-0.4, -0.2) is 33.7 Å². The zero-order valence-electron chi connectivity index (χ0n) is 13.9. The number of hydrogen-bond acceptors (Lipinski definition) is 4. The molecule has 0 spiro atoms. The van der Waals surface area contributed by atoms with Gasteiger partial charge in [-0.15, -0.1) is 0 Å². The zero-order valence-corrected chi connectivity index (χ0v) is 13.9. The molecule has 7 nitrogen and oxygen atoms in total. The first-order valence-electron chi connectivity index (χ1n) is 7.38. The number of primary amides is 1. The number of carbonyl (C=O) groups is 2. The highest BCUT2D eigenvalue weighted by atomic mass is 16.6. The third-order valence-electron chi connectivity index (χ3n) is 3.02. The van der Waals surface area contributed by atoms with Gasteiger partial charge in [-0.2, -0.15) is 0 Å². The maximum absolute atomic E-state index is 11.6. The Hall–Kier alpha value is -2.05. The highest BCUT2D eigenvalue weighted by molar-refractivity contribution is 5.78. The van der Waals surface area contributed by atoms with Crippen LogP contribution in [0.1, 0.15) is 46.4 Å². The number of carbonyl (C=O) groups excluding carboxylic acids is 2. The summed E-state index contributed by atoms with van der Waals surface area (Å²) in [5.74, 6) is -0.335. The number of alkyl carbamates (subject to hydrolysis) is 1. The second-order valence-corrected chi connectivity index (χ2v) is 6.56. The quantitative estimate of drug-likeness (QED) is 0.834. The smallest absolute Gasteiger partial charge is 0.407 e. The van der Waals surface area contributed by atoms with Crippen molar-refractivity contribution in [2.24, 2.45) is 11.7 Å². The van der Waals surface area contributed by atoms with E-state index in [-0.39, 0.29) is 5.92 Å². The largest absolute Gasteiger partial charge is 0.444 e. The summed E-state index contributed by atoms with van der Waals surface area (Å²) in [5, 5.41) is 2.68. The zero-order chi connectivity index (χ0) is 16.9. The Bertz CT molecular complexity index is 517. The van der Waals surface area contributed by atoms with Crippen LogP contribution in [0.25, 0.3) is 0 Å². The second-order valence-electron chi connectivity index (χ2n) is 6.56. The van der Waals surface area contributed by atoms with Crippen molar-refractivity contribution in [2.75, 3.05) is 6.54 Å². The van der Waals surface area contributed by atoms with Gasteiger partial charge in [-0.05, 0) is 26.7 Å². The van der Waals surface area contributed by atoms with E-state index >= 15 is 0 Å². The molecule has 1 rings (SSSR count). The first kappa shape index (κ1) is 18.0. The molecule has 1 aromatic rings. The molecular weight excluding hydrogens is 284 g/mol. The van der Waals surface area contributed by atoms with Gasteiger partial charge in [0.2, 0.25) is 5.91 Å². The summed E-state index contributed by atoms with van der Waals surface area (Å²) in [5.41, 5.74) is 5.78. The maximum Gasteiger partial charge on any atom is 0.407 e. The van der Waals surface area contributed by atoms with Gasteiger partial charge in [-0.25, -0.2) is 9.78 Å². The summed E-state index contributed by atoms with van der Waals surface area (Å²) in [6.07, 6.45) is 3.34. The van der Waals surface area contributed by atoms with Gasteiger partial charge in [0.1, 0.15) is 11.6 Å². The molecule has 2 amide bonds. The number of hydrogen-bond donors (Lipinski definition) is 2. The fraction of sp³-hybridized carbons (Fsp3) is 0.667. The number of ether oxygens (including phenoxy) is 1. The van der Waals surface area contributed by atoms with Crippen LogP contribution >= 0.6 is 0 Å². The summed E-state index contributed by atoms with van der Waals surface area (Å²) < 4.78 is 6.93. The van der Waals surface area contributed by atoms with E-state index in [2.05, 4.69) is 10.3 Å². The molecule has 0 aromatic carbocycles. The lowest BCUT2D eigenvalue weighted by molar-refractivity contribution is -0.122. The van der Waals surface area contributed by atoms with E-state index in [1.54, 1.807) is 17.1 Å². The van der Waals surface area contributed by atoms with E-state index in [4.69, 9.17) is 10.5 Å². The Balaban J connectivity index is 2.63. The van der Waals surface area contributed by atoms with Crippen molar-refractivity contribution in [3.8, 4) is 0 Å². The first-order chi connectivity index (χ1) is 10.1. The molecule has 1 unspecified atom stereocenters. The number of aromatic nitrogens is 2.